The number of aromatic nitrogens is 4. The molecule has 7 nitrogen and oxygen atoms in total. The fourth-order valence-electron chi connectivity index (χ4n) is 2.90. The lowest BCUT2D eigenvalue weighted by Gasteiger charge is -2.08. The van der Waals surface area contributed by atoms with E-state index in [1.165, 1.54) is 48.4 Å². The topological polar surface area (TPSA) is 92.9 Å². The van der Waals surface area contributed by atoms with Gasteiger partial charge in [0.1, 0.15) is 0 Å². The Labute approximate surface area is 151 Å². The van der Waals surface area contributed by atoms with E-state index in [9.17, 15) is 9.59 Å². The second kappa shape index (κ2) is 9.82. The minimum atomic E-state index is -0.461. The summed E-state index contributed by atoms with van der Waals surface area (Å²) in [5.41, 5.74) is -0.0214. The van der Waals surface area contributed by atoms with Crippen LogP contribution >= 0.6 is 11.8 Å². The van der Waals surface area contributed by atoms with Crippen LogP contribution in [0, 0.1) is 0 Å². The van der Waals surface area contributed by atoms with Gasteiger partial charge in [0, 0.05) is 19.3 Å². The van der Waals surface area contributed by atoms with Crippen molar-refractivity contribution in [3.63, 3.8) is 0 Å². The van der Waals surface area contributed by atoms with E-state index in [0.717, 1.165) is 12.8 Å². The normalized spacial score (nSPS) is 11.5. The number of H-pyrrole nitrogens is 1. The van der Waals surface area contributed by atoms with Crippen molar-refractivity contribution < 1.29 is 5.11 Å². The van der Waals surface area contributed by atoms with Crippen LogP contribution in [0.2, 0.25) is 0 Å². The first-order chi connectivity index (χ1) is 12.1. The minimum Gasteiger partial charge on any atom is -0.396 e. The van der Waals surface area contributed by atoms with Crippen molar-refractivity contribution >= 4 is 22.9 Å². The molecule has 2 aromatic rings. The number of aromatic amines is 1. The monoisotopic (exact) mass is 368 g/mol. The Kier molecular flexibility index (Phi) is 7.77. The van der Waals surface area contributed by atoms with Gasteiger partial charge in [-0.15, -0.1) is 0 Å². The zero-order valence-corrected chi connectivity index (χ0v) is 15.9. The van der Waals surface area contributed by atoms with E-state index in [-0.39, 0.29) is 6.61 Å². The highest BCUT2D eigenvalue weighted by Gasteiger charge is 2.17. The van der Waals surface area contributed by atoms with Gasteiger partial charge in [-0.1, -0.05) is 57.2 Å². The summed E-state index contributed by atoms with van der Waals surface area (Å²) in [5.74, 6) is 0.506. The number of fused-ring (bicyclic) bond motifs is 1. The number of hydrogen-bond acceptors (Lipinski definition) is 5. The number of thioether (sulfide) groups is 1. The second-order valence-corrected chi connectivity index (χ2v) is 7.29. The zero-order chi connectivity index (χ0) is 18.2. The lowest BCUT2D eigenvalue weighted by Crippen LogP contribution is -2.29. The molecule has 0 unspecified atom stereocenters. The van der Waals surface area contributed by atoms with E-state index in [1.54, 1.807) is 7.05 Å². The van der Waals surface area contributed by atoms with Gasteiger partial charge in [0.05, 0.1) is 6.61 Å². The number of aliphatic hydroxyl groups is 1. The molecule has 0 atom stereocenters. The summed E-state index contributed by atoms with van der Waals surface area (Å²) < 4.78 is 3.25. The van der Waals surface area contributed by atoms with Crippen molar-refractivity contribution in [3.8, 4) is 0 Å². The summed E-state index contributed by atoms with van der Waals surface area (Å²) in [6.07, 6.45) is 8.33. The van der Waals surface area contributed by atoms with Gasteiger partial charge in [0.25, 0.3) is 5.56 Å². The molecule has 0 aliphatic carbocycles. The van der Waals surface area contributed by atoms with Crippen LogP contribution < -0.4 is 11.2 Å². The first-order valence-electron chi connectivity index (χ1n) is 9.03. The molecule has 0 bridgehead atoms. The largest absolute Gasteiger partial charge is 0.396 e. The molecule has 0 spiro atoms. The third-order valence-corrected chi connectivity index (χ3v) is 5.24. The lowest BCUT2D eigenvalue weighted by atomic mass is 10.1. The van der Waals surface area contributed by atoms with Crippen molar-refractivity contribution in [1.29, 1.82) is 0 Å². The van der Waals surface area contributed by atoms with Crippen molar-refractivity contribution in [2.75, 3.05) is 12.4 Å². The van der Waals surface area contributed by atoms with Gasteiger partial charge >= 0.3 is 5.69 Å². The minimum absolute atomic E-state index is 0.0423. The van der Waals surface area contributed by atoms with Crippen LogP contribution in [0.5, 0.6) is 0 Å². The molecule has 8 heteroatoms. The third-order valence-electron chi connectivity index (χ3n) is 4.28. The lowest BCUT2D eigenvalue weighted by molar-refractivity contribution is 0.322. The van der Waals surface area contributed by atoms with Gasteiger partial charge in [-0.3, -0.25) is 14.3 Å². The quantitative estimate of drug-likeness (QED) is 0.469. The average molecular weight is 369 g/mol. The fourth-order valence-corrected chi connectivity index (χ4v) is 3.66. The molecule has 2 rings (SSSR count). The molecule has 2 aromatic heterocycles. The number of aliphatic hydroxyl groups excluding tert-OH is 1. The first-order valence-corrected chi connectivity index (χ1v) is 10.0. The number of rotatable bonds is 11. The van der Waals surface area contributed by atoms with Gasteiger partial charge in [0.15, 0.2) is 16.3 Å². The molecule has 0 amide bonds. The smallest absolute Gasteiger partial charge is 0.329 e. The van der Waals surface area contributed by atoms with Crippen molar-refractivity contribution in [2.24, 2.45) is 7.05 Å². The Hall–Kier alpha value is -1.54. The van der Waals surface area contributed by atoms with Gasteiger partial charge in [-0.05, 0) is 6.42 Å². The average Bonchev–Trinajstić information content (AvgIpc) is 2.96. The molecule has 2 heterocycles. The molecule has 2 N–H and O–H groups in total. The third kappa shape index (κ3) is 4.98. The summed E-state index contributed by atoms with van der Waals surface area (Å²) in [7, 11) is 1.60. The molecule has 0 aromatic carbocycles. The second-order valence-electron chi connectivity index (χ2n) is 6.23. The number of imidazole rings is 1. The number of nitrogens with one attached hydrogen (secondary N) is 1. The van der Waals surface area contributed by atoms with Crippen LogP contribution in [0.3, 0.4) is 0 Å². The van der Waals surface area contributed by atoms with Gasteiger partial charge in [-0.2, -0.15) is 0 Å². The molecule has 0 radical (unpaired) electrons. The van der Waals surface area contributed by atoms with E-state index in [4.69, 9.17) is 5.11 Å². The molecular weight excluding hydrogens is 340 g/mol. The number of unbranched alkanes of at least 4 members (excludes halogenated alkanes) is 6. The zero-order valence-electron chi connectivity index (χ0n) is 15.1. The Morgan fingerprint density at radius 1 is 1.12 bits per heavy atom. The number of hydrogen-bond donors (Lipinski definition) is 2. The van der Waals surface area contributed by atoms with E-state index in [1.807, 2.05) is 4.57 Å². The number of aryl methyl sites for hydroxylation is 2. The van der Waals surface area contributed by atoms with Crippen LogP contribution in [0.25, 0.3) is 11.2 Å². The molecule has 0 aliphatic heterocycles. The molecule has 25 heavy (non-hydrogen) atoms. The van der Waals surface area contributed by atoms with Crippen molar-refractivity contribution in [3.05, 3.63) is 20.8 Å². The van der Waals surface area contributed by atoms with Gasteiger partial charge in [0.2, 0.25) is 0 Å². The van der Waals surface area contributed by atoms with E-state index < -0.39 is 11.2 Å². The maximum Gasteiger partial charge on any atom is 0.329 e. The van der Waals surface area contributed by atoms with Crippen LogP contribution in [0.4, 0.5) is 0 Å². The number of nitrogens with zero attached hydrogens (tertiary/aromatic N) is 3. The van der Waals surface area contributed by atoms with Gasteiger partial charge in [-0.25, -0.2) is 9.78 Å². The predicted molar refractivity (Wildman–Crippen MR) is 101 cm³/mol. The maximum absolute atomic E-state index is 12.3. The van der Waals surface area contributed by atoms with E-state index >= 15 is 0 Å². The molecule has 0 aliphatic rings. The standard InChI is InChI=1S/C17H28N4O3S/c1-3-4-5-6-7-8-9-10-21-13-14(18-17(21)25-12-11-22)20(2)16(24)19-15(13)23/h22H,3-12H2,1-2H3,(H,19,23,24). The van der Waals surface area contributed by atoms with E-state index in [0.29, 0.717) is 28.6 Å². The van der Waals surface area contributed by atoms with Crippen molar-refractivity contribution in [1.82, 2.24) is 19.1 Å². The van der Waals surface area contributed by atoms with Crippen LogP contribution in [-0.2, 0) is 13.6 Å². The van der Waals surface area contributed by atoms with Crippen LogP contribution in [0.15, 0.2) is 14.7 Å². The summed E-state index contributed by atoms with van der Waals surface area (Å²) in [5, 5.41) is 9.76. The highest BCUT2D eigenvalue weighted by molar-refractivity contribution is 7.99. The molecule has 0 saturated carbocycles. The Balaban J connectivity index is 2.16. The van der Waals surface area contributed by atoms with Gasteiger partial charge < -0.3 is 9.67 Å². The first kappa shape index (κ1) is 19.8. The maximum atomic E-state index is 12.3. The van der Waals surface area contributed by atoms with Crippen molar-refractivity contribution in [2.45, 2.75) is 63.6 Å². The highest BCUT2D eigenvalue weighted by Crippen LogP contribution is 2.22. The molecule has 0 saturated heterocycles. The summed E-state index contributed by atoms with van der Waals surface area (Å²) in [6, 6.07) is 0. The Morgan fingerprint density at radius 2 is 1.80 bits per heavy atom. The molecule has 140 valence electrons. The molecule has 0 fully saturated rings. The van der Waals surface area contributed by atoms with Crippen LogP contribution in [0.1, 0.15) is 51.9 Å². The Morgan fingerprint density at radius 3 is 2.48 bits per heavy atom. The highest BCUT2D eigenvalue weighted by atomic mass is 32.2. The fraction of sp³-hybridized carbons (Fsp3) is 0.706. The van der Waals surface area contributed by atoms with Crippen LogP contribution in [-0.4, -0.2) is 36.6 Å². The summed E-state index contributed by atoms with van der Waals surface area (Å²) in [6.45, 7) is 2.94. The molecular formula is C17H28N4O3S. The summed E-state index contributed by atoms with van der Waals surface area (Å²) in [4.78, 5) is 30.9. The van der Waals surface area contributed by atoms with E-state index in [2.05, 4.69) is 16.9 Å². The predicted octanol–water partition coefficient (Wildman–Crippen LogP) is 2.26. The Bertz CT molecular complexity index is 794. The SMILES string of the molecule is CCCCCCCCCn1c(SCCO)nc2c1c(=O)[nH]c(=O)n2C. The summed E-state index contributed by atoms with van der Waals surface area (Å²) >= 11 is 1.40.